The summed E-state index contributed by atoms with van der Waals surface area (Å²) in [5, 5.41) is 9.89. The van der Waals surface area contributed by atoms with Gasteiger partial charge in [-0.3, -0.25) is 4.79 Å². The summed E-state index contributed by atoms with van der Waals surface area (Å²) < 4.78 is 0. The third-order valence-electron chi connectivity index (χ3n) is 3.82. The highest BCUT2D eigenvalue weighted by Crippen LogP contribution is 2.16. The molecule has 2 rings (SSSR count). The fraction of sp³-hybridized carbons (Fsp3) is 0.143. The van der Waals surface area contributed by atoms with Crippen LogP contribution in [0.4, 0.5) is 0 Å². The van der Waals surface area contributed by atoms with Crippen LogP contribution in [0.15, 0.2) is 72.6 Å². The Bertz CT molecular complexity index is 888. The maximum atomic E-state index is 12.2. The largest absolute Gasteiger partial charge is 0.381 e. The number of aromatic nitrogens is 2. The first kappa shape index (κ1) is 18.2. The number of hydrogen-bond acceptors (Lipinski definition) is 3. The third-order valence-corrected chi connectivity index (χ3v) is 3.82. The van der Waals surface area contributed by atoms with Crippen LogP contribution in [0.2, 0.25) is 0 Å². The first-order valence-corrected chi connectivity index (χ1v) is 8.10. The number of nitrogens with zero attached hydrogens (tertiary/aromatic N) is 1. The second-order valence-corrected chi connectivity index (χ2v) is 5.61. The van der Waals surface area contributed by atoms with Crippen LogP contribution in [-0.2, 0) is 6.54 Å². The van der Waals surface area contributed by atoms with E-state index in [2.05, 4.69) is 47.7 Å². The predicted octanol–water partition coefficient (Wildman–Crippen LogP) is 3.98. The highest BCUT2D eigenvalue weighted by Gasteiger charge is 2.09. The summed E-state index contributed by atoms with van der Waals surface area (Å²) in [5.74, 6) is 0. The van der Waals surface area contributed by atoms with Gasteiger partial charge in [0.2, 0.25) is 0 Å². The number of aromatic amines is 1. The van der Waals surface area contributed by atoms with Crippen LogP contribution >= 0.6 is 0 Å². The Morgan fingerprint density at radius 1 is 1.36 bits per heavy atom. The molecule has 0 fully saturated rings. The number of aryl methyl sites for hydroxylation is 1. The first-order valence-electron chi connectivity index (χ1n) is 8.10. The lowest BCUT2D eigenvalue weighted by Gasteiger charge is -2.12. The molecule has 0 atom stereocenters. The van der Waals surface area contributed by atoms with E-state index in [1.54, 1.807) is 12.1 Å². The Labute approximate surface area is 148 Å². The second kappa shape index (κ2) is 8.64. The van der Waals surface area contributed by atoms with Crippen molar-refractivity contribution in [2.45, 2.75) is 20.4 Å². The molecule has 0 amide bonds. The van der Waals surface area contributed by atoms with E-state index in [1.165, 1.54) is 5.56 Å². The highest BCUT2D eigenvalue weighted by atomic mass is 16.1. The minimum absolute atomic E-state index is 0.274. The Kier molecular flexibility index (Phi) is 6.29. The molecule has 0 saturated carbocycles. The van der Waals surface area contributed by atoms with Gasteiger partial charge >= 0.3 is 0 Å². The van der Waals surface area contributed by atoms with Crippen molar-refractivity contribution >= 4 is 11.3 Å². The van der Waals surface area contributed by atoms with E-state index in [9.17, 15) is 4.79 Å². The van der Waals surface area contributed by atoms with Gasteiger partial charge in [0, 0.05) is 17.8 Å². The fourth-order valence-corrected chi connectivity index (χ4v) is 2.42. The number of benzene rings is 1. The van der Waals surface area contributed by atoms with Gasteiger partial charge < -0.3 is 5.32 Å². The minimum atomic E-state index is -0.274. The lowest BCUT2D eigenvalue weighted by Crippen LogP contribution is -2.21. The van der Waals surface area contributed by atoms with E-state index >= 15 is 0 Å². The summed E-state index contributed by atoms with van der Waals surface area (Å²) in [4.78, 5) is 12.2. The van der Waals surface area contributed by atoms with Gasteiger partial charge in [-0.25, -0.2) is 5.10 Å². The zero-order chi connectivity index (χ0) is 18.2. The van der Waals surface area contributed by atoms with E-state index in [-0.39, 0.29) is 5.56 Å². The molecule has 25 heavy (non-hydrogen) atoms. The molecule has 128 valence electrons. The summed E-state index contributed by atoms with van der Waals surface area (Å²) in [6.07, 6.45) is 7.35. The number of hydrogen-bond donors (Lipinski definition) is 2. The maximum absolute atomic E-state index is 12.2. The Balaban J connectivity index is 2.26. The molecule has 1 heterocycles. The molecule has 0 aliphatic heterocycles. The van der Waals surface area contributed by atoms with Crippen molar-refractivity contribution in [3.8, 4) is 0 Å². The normalized spacial score (nSPS) is 11.5. The number of rotatable bonds is 7. The maximum Gasteiger partial charge on any atom is 0.273 e. The van der Waals surface area contributed by atoms with Crippen LogP contribution in [-0.4, -0.2) is 10.2 Å². The zero-order valence-corrected chi connectivity index (χ0v) is 14.7. The Morgan fingerprint density at radius 2 is 2.12 bits per heavy atom. The molecule has 4 heteroatoms. The smallest absolute Gasteiger partial charge is 0.273 e. The third kappa shape index (κ3) is 4.67. The molecule has 2 aromatic rings. The molecule has 0 unspecified atom stereocenters. The van der Waals surface area contributed by atoms with Gasteiger partial charge in [0.1, 0.15) is 0 Å². The van der Waals surface area contributed by atoms with Crippen molar-refractivity contribution < 1.29 is 0 Å². The van der Waals surface area contributed by atoms with Crippen molar-refractivity contribution in [1.29, 1.82) is 0 Å². The Hall–Kier alpha value is -3.14. The number of H-pyrrole nitrogens is 1. The lowest BCUT2D eigenvalue weighted by atomic mass is 10.1. The van der Waals surface area contributed by atoms with Gasteiger partial charge in [-0.1, -0.05) is 61.7 Å². The monoisotopic (exact) mass is 333 g/mol. The average molecular weight is 333 g/mol. The molecule has 2 N–H and O–H groups in total. The summed E-state index contributed by atoms with van der Waals surface area (Å²) in [6.45, 7) is 12.3. The fourth-order valence-electron chi connectivity index (χ4n) is 2.42. The zero-order valence-electron chi connectivity index (χ0n) is 14.7. The number of nitrogens with one attached hydrogen (secondary N) is 2. The van der Waals surface area contributed by atoms with Crippen molar-refractivity contribution in [2.75, 3.05) is 0 Å². The minimum Gasteiger partial charge on any atom is -0.381 e. The molecule has 0 spiro atoms. The average Bonchev–Trinajstić information content (AvgIpc) is 2.61. The quantitative estimate of drug-likeness (QED) is 0.753. The van der Waals surface area contributed by atoms with Gasteiger partial charge in [0.15, 0.2) is 0 Å². The SMILES string of the molecule is C=C/C=C(\C=C/C)c1cc(C(=C)NCc2ccccc2C)c(=O)[nH]n1. The van der Waals surface area contributed by atoms with Crippen LogP contribution in [0.5, 0.6) is 0 Å². The summed E-state index contributed by atoms with van der Waals surface area (Å²) in [7, 11) is 0. The van der Waals surface area contributed by atoms with Crippen molar-refractivity contribution in [2.24, 2.45) is 0 Å². The number of allylic oxidation sites excluding steroid dienone is 5. The second-order valence-electron chi connectivity index (χ2n) is 5.61. The molecule has 0 saturated heterocycles. The van der Waals surface area contributed by atoms with Crippen molar-refractivity contribution in [1.82, 2.24) is 15.5 Å². The van der Waals surface area contributed by atoms with Crippen LogP contribution in [0.3, 0.4) is 0 Å². The van der Waals surface area contributed by atoms with Gasteiger partial charge in [-0.05, 0) is 31.0 Å². The summed E-state index contributed by atoms with van der Waals surface area (Å²) in [5.41, 5.74) is 4.63. The van der Waals surface area contributed by atoms with Crippen LogP contribution in [0.1, 0.15) is 29.3 Å². The van der Waals surface area contributed by atoms with Gasteiger partial charge in [-0.2, -0.15) is 5.10 Å². The summed E-state index contributed by atoms with van der Waals surface area (Å²) in [6, 6.07) is 9.84. The standard InChI is InChI=1S/C21H23N3O/c1-5-9-17(10-6-2)20-13-19(21(25)24-23-20)16(4)22-14-18-12-8-7-11-15(18)3/h5-13,22H,1,4,14H2,2-3H3,(H,24,25)/b10-6-,17-9+. The van der Waals surface area contributed by atoms with Gasteiger partial charge in [0.25, 0.3) is 5.56 Å². The molecule has 0 aliphatic carbocycles. The van der Waals surface area contributed by atoms with Crippen LogP contribution in [0.25, 0.3) is 11.3 Å². The van der Waals surface area contributed by atoms with Crippen LogP contribution < -0.4 is 10.9 Å². The van der Waals surface area contributed by atoms with Crippen molar-refractivity contribution in [3.63, 3.8) is 0 Å². The molecule has 1 aromatic carbocycles. The first-order chi connectivity index (χ1) is 12.1. The Morgan fingerprint density at radius 3 is 2.80 bits per heavy atom. The molecule has 0 aliphatic rings. The van der Waals surface area contributed by atoms with E-state index in [1.807, 2.05) is 37.3 Å². The predicted molar refractivity (Wildman–Crippen MR) is 105 cm³/mol. The van der Waals surface area contributed by atoms with E-state index in [4.69, 9.17) is 0 Å². The van der Waals surface area contributed by atoms with Crippen molar-refractivity contribution in [3.05, 3.63) is 101 Å². The molecule has 0 bridgehead atoms. The topological polar surface area (TPSA) is 57.8 Å². The molecular weight excluding hydrogens is 310 g/mol. The molecular formula is C21H23N3O. The van der Waals surface area contributed by atoms with E-state index in [0.717, 1.165) is 11.1 Å². The summed E-state index contributed by atoms with van der Waals surface area (Å²) >= 11 is 0. The molecule has 0 radical (unpaired) electrons. The lowest BCUT2D eigenvalue weighted by molar-refractivity contribution is 0.873. The highest BCUT2D eigenvalue weighted by molar-refractivity contribution is 5.74. The molecule has 4 nitrogen and oxygen atoms in total. The van der Waals surface area contributed by atoms with Crippen LogP contribution in [0, 0.1) is 6.92 Å². The van der Waals surface area contributed by atoms with E-state index < -0.39 is 0 Å². The molecule has 1 aromatic heterocycles. The van der Waals surface area contributed by atoms with Gasteiger partial charge in [0.05, 0.1) is 11.3 Å². The van der Waals surface area contributed by atoms with Gasteiger partial charge in [-0.15, -0.1) is 0 Å². The van der Waals surface area contributed by atoms with E-state index in [0.29, 0.717) is 23.5 Å².